The summed E-state index contributed by atoms with van der Waals surface area (Å²) in [5, 5.41) is 0.329. The number of halogens is 3. The summed E-state index contributed by atoms with van der Waals surface area (Å²) in [6, 6.07) is 7.41. The highest BCUT2D eigenvalue weighted by Gasteiger charge is 2.04. The Hall–Kier alpha value is -0.880. The normalized spacial score (nSPS) is 10.5. The summed E-state index contributed by atoms with van der Waals surface area (Å²) in [4.78, 5) is 11.6. The molecule has 1 aromatic carbocycles. The van der Waals surface area contributed by atoms with Crippen LogP contribution in [0.1, 0.15) is 5.56 Å². The molecule has 88 valence electrons. The molecule has 0 atom stereocenters. The summed E-state index contributed by atoms with van der Waals surface area (Å²) in [5.74, 6) is -0.381. The van der Waals surface area contributed by atoms with Gasteiger partial charge in [0.2, 0.25) is 0 Å². The van der Waals surface area contributed by atoms with Crippen LogP contribution in [0.2, 0.25) is 5.02 Å². The number of pyridine rings is 1. The molecule has 2 aromatic rings. The number of rotatable bonds is 2. The van der Waals surface area contributed by atoms with Crippen molar-refractivity contribution < 1.29 is 4.39 Å². The quantitative estimate of drug-likeness (QED) is 0.751. The molecule has 0 aliphatic heterocycles. The van der Waals surface area contributed by atoms with Gasteiger partial charge in [-0.15, -0.1) is 0 Å². The zero-order valence-electron chi connectivity index (χ0n) is 8.66. The lowest BCUT2D eigenvalue weighted by Crippen LogP contribution is -2.19. The van der Waals surface area contributed by atoms with Gasteiger partial charge < -0.3 is 4.57 Å². The fraction of sp³-hybridized carbons (Fsp3) is 0.0833. The molecule has 2 nitrogen and oxygen atoms in total. The summed E-state index contributed by atoms with van der Waals surface area (Å²) in [5.41, 5.74) is 0.614. The Kier molecular flexibility index (Phi) is 3.83. The molecule has 0 amide bonds. The van der Waals surface area contributed by atoms with Crippen LogP contribution in [0.3, 0.4) is 0 Å². The highest BCUT2D eigenvalue weighted by molar-refractivity contribution is 14.1. The first-order valence-electron chi connectivity index (χ1n) is 4.86. The largest absolute Gasteiger partial charge is 0.310 e. The number of benzene rings is 1. The Morgan fingerprint density at radius 3 is 2.76 bits per heavy atom. The van der Waals surface area contributed by atoms with Crippen LogP contribution in [0.4, 0.5) is 4.39 Å². The smallest absolute Gasteiger partial charge is 0.250 e. The van der Waals surface area contributed by atoms with Crippen molar-refractivity contribution in [2.45, 2.75) is 6.54 Å². The van der Waals surface area contributed by atoms with Crippen molar-refractivity contribution in [2.24, 2.45) is 0 Å². The van der Waals surface area contributed by atoms with E-state index in [1.807, 2.05) is 0 Å². The fourth-order valence-electron chi connectivity index (χ4n) is 1.46. The molecule has 0 unspecified atom stereocenters. The van der Waals surface area contributed by atoms with Crippen molar-refractivity contribution in [1.82, 2.24) is 4.57 Å². The second-order valence-electron chi connectivity index (χ2n) is 3.55. The minimum atomic E-state index is -0.381. The maximum Gasteiger partial charge on any atom is 0.250 e. The third-order valence-electron chi connectivity index (χ3n) is 2.30. The third-order valence-corrected chi connectivity index (χ3v) is 3.29. The van der Waals surface area contributed by atoms with E-state index in [0.29, 0.717) is 11.6 Å². The first kappa shape index (κ1) is 12.6. The van der Waals surface area contributed by atoms with E-state index < -0.39 is 0 Å². The van der Waals surface area contributed by atoms with Crippen molar-refractivity contribution in [3.05, 3.63) is 66.9 Å². The minimum Gasteiger partial charge on any atom is -0.310 e. The summed E-state index contributed by atoms with van der Waals surface area (Å²) >= 11 is 8.04. The van der Waals surface area contributed by atoms with Gasteiger partial charge in [-0.1, -0.05) is 17.7 Å². The van der Waals surface area contributed by atoms with Crippen molar-refractivity contribution in [3.63, 3.8) is 0 Å². The third kappa shape index (κ3) is 3.07. The molecule has 0 N–H and O–H groups in total. The van der Waals surface area contributed by atoms with E-state index in [2.05, 4.69) is 22.6 Å². The second-order valence-corrected chi connectivity index (χ2v) is 5.20. The van der Waals surface area contributed by atoms with Gasteiger partial charge >= 0.3 is 0 Å². The average Bonchev–Trinajstić information content (AvgIpc) is 2.27. The standard InChI is InChI=1S/C12H8ClFINO/c13-11-5-9(14)2-1-8(11)6-16-7-10(15)3-4-12(16)17/h1-5,7H,6H2. The van der Waals surface area contributed by atoms with Crippen LogP contribution in [-0.2, 0) is 6.54 Å². The topological polar surface area (TPSA) is 22.0 Å². The Morgan fingerprint density at radius 1 is 1.29 bits per heavy atom. The van der Waals surface area contributed by atoms with Crippen LogP contribution in [-0.4, -0.2) is 4.57 Å². The van der Waals surface area contributed by atoms with Gasteiger partial charge in [-0.25, -0.2) is 4.39 Å². The average molecular weight is 364 g/mol. The Balaban J connectivity index is 2.38. The van der Waals surface area contributed by atoms with Gasteiger partial charge in [0.1, 0.15) is 5.82 Å². The molecular weight excluding hydrogens is 355 g/mol. The van der Waals surface area contributed by atoms with Crippen molar-refractivity contribution >= 4 is 34.2 Å². The molecule has 0 aliphatic rings. The molecular formula is C12H8ClFINO. The van der Waals surface area contributed by atoms with Gasteiger partial charge in [0, 0.05) is 20.9 Å². The number of hydrogen-bond donors (Lipinski definition) is 0. The molecule has 0 bridgehead atoms. The van der Waals surface area contributed by atoms with Crippen molar-refractivity contribution in [3.8, 4) is 0 Å². The predicted molar refractivity (Wildman–Crippen MR) is 73.9 cm³/mol. The van der Waals surface area contributed by atoms with Crippen LogP contribution < -0.4 is 5.56 Å². The lowest BCUT2D eigenvalue weighted by molar-refractivity contribution is 0.626. The summed E-state index contributed by atoms with van der Waals surface area (Å²) in [7, 11) is 0. The Labute approximate surface area is 116 Å². The number of hydrogen-bond acceptors (Lipinski definition) is 1. The van der Waals surface area contributed by atoms with E-state index in [4.69, 9.17) is 11.6 Å². The summed E-state index contributed by atoms with van der Waals surface area (Å²) in [6.07, 6.45) is 1.74. The van der Waals surface area contributed by atoms with E-state index in [0.717, 1.165) is 9.13 Å². The molecule has 5 heteroatoms. The number of nitrogens with zero attached hydrogens (tertiary/aromatic N) is 1. The molecule has 1 aromatic heterocycles. The molecule has 1 heterocycles. The first-order valence-corrected chi connectivity index (χ1v) is 6.32. The van der Waals surface area contributed by atoms with Gasteiger partial charge in [0.05, 0.1) is 6.54 Å². The van der Waals surface area contributed by atoms with Gasteiger partial charge in [-0.05, 0) is 46.4 Å². The Bertz CT molecular complexity index is 612. The zero-order chi connectivity index (χ0) is 12.4. The van der Waals surface area contributed by atoms with Gasteiger partial charge in [-0.3, -0.25) is 4.79 Å². The first-order chi connectivity index (χ1) is 8.06. The van der Waals surface area contributed by atoms with Gasteiger partial charge in [0.25, 0.3) is 5.56 Å². The highest BCUT2D eigenvalue weighted by Crippen LogP contribution is 2.18. The molecule has 0 fully saturated rings. The van der Waals surface area contributed by atoms with Crippen LogP contribution in [0, 0.1) is 9.39 Å². The SMILES string of the molecule is O=c1ccc(I)cn1Cc1ccc(F)cc1Cl. The molecule has 0 saturated carbocycles. The molecule has 0 spiro atoms. The van der Waals surface area contributed by atoms with E-state index in [1.165, 1.54) is 18.2 Å². The number of aromatic nitrogens is 1. The lowest BCUT2D eigenvalue weighted by atomic mass is 10.2. The lowest BCUT2D eigenvalue weighted by Gasteiger charge is -2.07. The zero-order valence-corrected chi connectivity index (χ0v) is 11.6. The van der Waals surface area contributed by atoms with Crippen molar-refractivity contribution in [1.29, 1.82) is 0 Å². The van der Waals surface area contributed by atoms with Crippen LogP contribution in [0.5, 0.6) is 0 Å². The van der Waals surface area contributed by atoms with E-state index >= 15 is 0 Å². The van der Waals surface area contributed by atoms with Gasteiger partial charge in [0.15, 0.2) is 0 Å². The van der Waals surface area contributed by atoms with Crippen LogP contribution in [0.15, 0.2) is 41.3 Å². The van der Waals surface area contributed by atoms with E-state index in [-0.39, 0.29) is 11.4 Å². The molecule has 0 radical (unpaired) electrons. The molecule has 2 rings (SSSR count). The summed E-state index contributed by atoms with van der Waals surface area (Å²) < 4.78 is 15.4. The summed E-state index contributed by atoms with van der Waals surface area (Å²) in [6.45, 7) is 0.342. The minimum absolute atomic E-state index is 0.106. The maximum atomic E-state index is 12.9. The maximum absolute atomic E-state index is 12.9. The van der Waals surface area contributed by atoms with Crippen molar-refractivity contribution in [2.75, 3.05) is 0 Å². The fourth-order valence-corrected chi connectivity index (χ4v) is 2.20. The monoisotopic (exact) mass is 363 g/mol. The van der Waals surface area contributed by atoms with E-state index in [9.17, 15) is 9.18 Å². The van der Waals surface area contributed by atoms with Crippen LogP contribution in [0.25, 0.3) is 0 Å². The van der Waals surface area contributed by atoms with Crippen LogP contribution >= 0.6 is 34.2 Å². The molecule has 0 aliphatic carbocycles. The second kappa shape index (κ2) is 5.18. The predicted octanol–water partition coefficient (Wildman–Crippen LogP) is 3.29. The van der Waals surface area contributed by atoms with Gasteiger partial charge in [-0.2, -0.15) is 0 Å². The Morgan fingerprint density at radius 2 is 2.06 bits per heavy atom. The van der Waals surface area contributed by atoms with E-state index in [1.54, 1.807) is 22.9 Å². The highest BCUT2D eigenvalue weighted by atomic mass is 127. The molecule has 0 saturated heterocycles. The molecule has 17 heavy (non-hydrogen) atoms.